The van der Waals surface area contributed by atoms with Crippen LogP contribution in [0.15, 0.2) is 54.6 Å². The SMILES string of the molecule is NC(=O)c1ccccc1NC(=O)CN1CCCN(Cc2ccccc2)CC1. The number of rotatable bonds is 6. The molecule has 1 saturated heterocycles. The molecular formula is C21H26N4O2. The highest BCUT2D eigenvalue weighted by atomic mass is 16.2. The van der Waals surface area contributed by atoms with E-state index in [1.807, 2.05) is 6.07 Å². The van der Waals surface area contributed by atoms with E-state index in [1.165, 1.54) is 5.56 Å². The summed E-state index contributed by atoms with van der Waals surface area (Å²) in [7, 11) is 0. The molecule has 0 radical (unpaired) electrons. The maximum atomic E-state index is 12.4. The average molecular weight is 366 g/mol. The summed E-state index contributed by atoms with van der Waals surface area (Å²) in [6, 6.07) is 17.3. The van der Waals surface area contributed by atoms with Crippen LogP contribution >= 0.6 is 0 Å². The van der Waals surface area contributed by atoms with E-state index in [0.717, 1.165) is 39.1 Å². The number of anilines is 1. The summed E-state index contributed by atoms with van der Waals surface area (Å²) in [5, 5.41) is 2.82. The summed E-state index contributed by atoms with van der Waals surface area (Å²) in [4.78, 5) is 28.5. The Morgan fingerprint density at radius 2 is 1.56 bits per heavy atom. The zero-order valence-corrected chi connectivity index (χ0v) is 15.4. The van der Waals surface area contributed by atoms with Crippen LogP contribution in [0.4, 0.5) is 5.69 Å². The predicted molar refractivity (Wildman–Crippen MR) is 106 cm³/mol. The molecule has 0 unspecified atom stereocenters. The fourth-order valence-corrected chi connectivity index (χ4v) is 3.38. The smallest absolute Gasteiger partial charge is 0.250 e. The molecule has 1 heterocycles. The molecule has 142 valence electrons. The van der Waals surface area contributed by atoms with Gasteiger partial charge in [-0.2, -0.15) is 0 Å². The van der Waals surface area contributed by atoms with Crippen molar-refractivity contribution in [3.8, 4) is 0 Å². The molecule has 1 aliphatic rings. The number of hydrogen-bond donors (Lipinski definition) is 2. The zero-order chi connectivity index (χ0) is 19.1. The van der Waals surface area contributed by atoms with Gasteiger partial charge in [0.2, 0.25) is 5.91 Å². The first kappa shape index (κ1) is 19.1. The Balaban J connectivity index is 1.51. The van der Waals surface area contributed by atoms with Gasteiger partial charge in [-0.25, -0.2) is 0 Å². The van der Waals surface area contributed by atoms with Crippen LogP contribution in [-0.4, -0.2) is 54.3 Å². The second kappa shape index (κ2) is 9.30. The topological polar surface area (TPSA) is 78.7 Å². The fraction of sp³-hybridized carbons (Fsp3) is 0.333. The van der Waals surface area contributed by atoms with Crippen molar-refractivity contribution in [2.24, 2.45) is 5.73 Å². The molecule has 0 atom stereocenters. The number of hydrogen-bond acceptors (Lipinski definition) is 4. The van der Waals surface area contributed by atoms with E-state index in [2.05, 4.69) is 39.4 Å². The third-order valence-electron chi connectivity index (χ3n) is 4.76. The first-order valence-electron chi connectivity index (χ1n) is 9.29. The quantitative estimate of drug-likeness (QED) is 0.819. The molecule has 2 aromatic rings. The first-order valence-corrected chi connectivity index (χ1v) is 9.29. The molecule has 27 heavy (non-hydrogen) atoms. The van der Waals surface area contributed by atoms with Crippen LogP contribution < -0.4 is 11.1 Å². The van der Waals surface area contributed by atoms with E-state index in [-0.39, 0.29) is 5.91 Å². The molecule has 3 N–H and O–H groups in total. The molecule has 2 aromatic carbocycles. The lowest BCUT2D eigenvalue weighted by molar-refractivity contribution is -0.117. The van der Waals surface area contributed by atoms with Gasteiger partial charge in [0.25, 0.3) is 5.91 Å². The zero-order valence-electron chi connectivity index (χ0n) is 15.4. The highest BCUT2D eigenvalue weighted by Crippen LogP contribution is 2.14. The molecule has 0 aliphatic carbocycles. The lowest BCUT2D eigenvalue weighted by Gasteiger charge is -2.21. The van der Waals surface area contributed by atoms with E-state index in [1.54, 1.807) is 24.3 Å². The minimum atomic E-state index is -0.544. The standard InChI is InChI=1S/C21H26N4O2/c22-21(27)18-9-4-5-10-19(18)23-20(26)16-25-12-6-11-24(13-14-25)15-17-7-2-1-3-8-17/h1-5,7-10H,6,11-16H2,(H2,22,27)(H,23,26). The molecular weight excluding hydrogens is 340 g/mol. The summed E-state index contributed by atoms with van der Waals surface area (Å²) < 4.78 is 0. The van der Waals surface area contributed by atoms with Crippen LogP contribution in [0.25, 0.3) is 0 Å². The number of carbonyl (C=O) groups is 2. The van der Waals surface area contributed by atoms with Crippen molar-refractivity contribution in [3.05, 3.63) is 65.7 Å². The number of para-hydroxylation sites is 1. The third-order valence-corrected chi connectivity index (χ3v) is 4.76. The second-order valence-electron chi connectivity index (χ2n) is 6.85. The van der Waals surface area contributed by atoms with Crippen LogP contribution in [0.1, 0.15) is 22.3 Å². The van der Waals surface area contributed by atoms with Crippen LogP contribution in [0, 0.1) is 0 Å². The summed E-state index contributed by atoms with van der Waals surface area (Å²) in [5.74, 6) is -0.669. The molecule has 0 saturated carbocycles. The molecule has 1 fully saturated rings. The van der Waals surface area contributed by atoms with Gasteiger partial charge in [0, 0.05) is 19.6 Å². The van der Waals surface area contributed by atoms with Gasteiger partial charge in [0.1, 0.15) is 0 Å². The number of carbonyl (C=O) groups excluding carboxylic acids is 2. The molecule has 0 aromatic heterocycles. The van der Waals surface area contributed by atoms with Gasteiger partial charge in [-0.15, -0.1) is 0 Å². The van der Waals surface area contributed by atoms with Gasteiger partial charge >= 0.3 is 0 Å². The highest BCUT2D eigenvalue weighted by Gasteiger charge is 2.18. The van der Waals surface area contributed by atoms with Crippen LogP contribution in [0.5, 0.6) is 0 Å². The van der Waals surface area contributed by atoms with Crippen molar-refractivity contribution >= 4 is 17.5 Å². The van der Waals surface area contributed by atoms with E-state index in [9.17, 15) is 9.59 Å². The molecule has 0 bridgehead atoms. The second-order valence-corrected chi connectivity index (χ2v) is 6.85. The Labute approximate surface area is 159 Å². The predicted octanol–water partition coefficient (Wildman–Crippen LogP) is 1.93. The number of nitrogens with one attached hydrogen (secondary N) is 1. The Kier molecular flexibility index (Phi) is 6.57. The number of primary amides is 1. The van der Waals surface area contributed by atoms with Gasteiger partial charge in [0.15, 0.2) is 0 Å². The number of nitrogens with zero attached hydrogens (tertiary/aromatic N) is 2. The Hall–Kier alpha value is -2.70. The molecule has 1 aliphatic heterocycles. The minimum Gasteiger partial charge on any atom is -0.366 e. The Morgan fingerprint density at radius 1 is 0.889 bits per heavy atom. The monoisotopic (exact) mass is 366 g/mol. The molecule has 6 heteroatoms. The minimum absolute atomic E-state index is 0.125. The number of nitrogens with two attached hydrogens (primary N) is 1. The third kappa shape index (κ3) is 5.64. The molecule has 6 nitrogen and oxygen atoms in total. The van der Waals surface area contributed by atoms with Crippen molar-refractivity contribution in [1.29, 1.82) is 0 Å². The fourth-order valence-electron chi connectivity index (χ4n) is 3.38. The molecule has 2 amide bonds. The van der Waals surface area contributed by atoms with Crippen molar-refractivity contribution in [3.63, 3.8) is 0 Å². The highest BCUT2D eigenvalue weighted by molar-refractivity contribution is 6.03. The van der Waals surface area contributed by atoms with Crippen LogP contribution in [0.2, 0.25) is 0 Å². The maximum absolute atomic E-state index is 12.4. The van der Waals surface area contributed by atoms with Crippen LogP contribution in [-0.2, 0) is 11.3 Å². The van der Waals surface area contributed by atoms with E-state index in [4.69, 9.17) is 5.73 Å². The van der Waals surface area contributed by atoms with Gasteiger partial charge in [0.05, 0.1) is 17.8 Å². The molecule has 3 rings (SSSR count). The van der Waals surface area contributed by atoms with Gasteiger partial charge in [-0.3, -0.25) is 19.4 Å². The Morgan fingerprint density at radius 3 is 2.33 bits per heavy atom. The lowest BCUT2D eigenvalue weighted by Crippen LogP contribution is -2.36. The van der Waals surface area contributed by atoms with E-state index >= 15 is 0 Å². The van der Waals surface area contributed by atoms with Gasteiger partial charge in [-0.1, -0.05) is 42.5 Å². The normalized spacial score (nSPS) is 15.9. The van der Waals surface area contributed by atoms with E-state index in [0.29, 0.717) is 17.8 Å². The number of benzene rings is 2. The largest absolute Gasteiger partial charge is 0.366 e. The summed E-state index contributed by atoms with van der Waals surface area (Å²) in [6.07, 6.45) is 1.03. The van der Waals surface area contributed by atoms with Gasteiger partial charge in [-0.05, 0) is 37.2 Å². The summed E-state index contributed by atoms with van der Waals surface area (Å²) >= 11 is 0. The Bertz CT molecular complexity index is 779. The van der Waals surface area contributed by atoms with Crippen LogP contribution in [0.3, 0.4) is 0 Å². The number of amides is 2. The van der Waals surface area contributed by atoms with Gasteiger partial charge < -0.3 is 11.1 Å². The van der Waals surface area contributed by atoms with Crippen molar-refractivity contribution in [2.75, 3.05) is 38.0 Å². The first-order chi connectivity index (χ1) is 13.1. The average Bonchev–Trinajstić information content (AvgIpc) is 2.88. The maximum Gasteiger partial charge on any atom is 0.250 e. The van der Waals surface area contributed by atoms with E-state index < -0.39 is 5.91 Å². The summed E-state index contributed by atoms with van der Waals surface area (Å²) in [6.45, 7) is 4.94. The van der Waals surface area contributed by atoms with Crippen molar-refractivity contribution < 1.29 is 9.59 Å². The lowest BCUT2D eigenvalue weighted by atomic mass is 10.1. The summed E-state index contributed by atoms with van der Waals surface area (Å²) in [5.41, 5.74) is 7.48. The van der Waals surface area contributed by atoms with Crippen molar-refractivity contribution in [2.45, 2.75) is 13.0 Å². The molecule has 0 spiro atoms. The van der Waals surface area contributed by atoms with Crippen molar-refractivity contribution in [1.82, 2.24) is 9.80 Å².